The number of hydrogen-bond acceptors (Lipinski definition) is 5. The van der Waals surface area contributed by atoms with E-state index in [1.165, 1.54) is 0 Å². The SMILES string of the molecule is CN=C(NCc1nc(C(F)(F)F)cs1)NCc1ccc(C)cc1OC1CCOC1. The Kier molecular flexibility index (Phi) is 6.96. The molecule has 0 spiro atoms. The maximum absolute atomic E-state index is 12.7. The van der Waals surface area contributed by atoms with Crippen LogP contribution in [0.25, 0.3) is 0 Å². The van der Waals surface area contributed by atoms with Gasteiger partial charge in [-0.2, -0.15) is 13.2 Å². The Balaban J connectivity index is 1.57. The second kappa shape index (κ2) is 9.45. The minimum atomic E-state index is -4.43. The number of aliphatic imine (C=N–C) groups is 1. The van der Waals surface area contributed by atoms with Crippen molar-refractivity contribution in [2.75, 3.05) is 20.3 Å². The Morgan fingerprint density at radius 2 is 2.14 bits per heavy atom. The second-order valence-electron chi connectivity index (χ2n) is 6.62. The van der Waals surface area contributed by atoms with E-state index < -0.39 is 11.9 Å². The van der Waals surface area contributed by atoms with E-state index in [0.717, 1.165) is 40.0 Å². The molecule has 1 atom stereocenters. The van der Waals surface area contributed by atoms with Gasteiger partial charge in [-0.05, 0) is 18.6 Å². The van der Waals surface area contributed by atoms with Crippen LogP contribution in [-0.2, 0) is 24.0 Å². The molecule has 1 aromatic heterocycles. The molecular weight excluding hydrogens is 405 g/mol. The normalized spacial score (nSPS) is 17.4. The van der Waals surface area contributed by atoms with Gasteiger partial charge in [0.15, 0.2) is 11.7 Å². The molecule has 0 aliphatic carbocycles. The van der Waals surface area contributed by atoms with Crippen LogP contribution in [0.4, 0.5) is 13.2 Å². The Bertz CT molecular complexity index is 848. The molecule has 2 heterocycles. The van der Waals surface area contributed by atoms with Gasteiger partial charge in [-0.25, -0.2) is 4.98 Å². The van der Waals surface area contributed by atoms with Crippen molar-refractivity contribution in [3.8, 4) is 5.75 Å². The van der Waals surface area contributed by atoms with E-state index in [1.807, 2.05) is 25.1 Å². The van der Waals surface area contributed by atoms with Crippen LogP contribution < -0.4 is 15.4 Å². The highest BCUT2D eigenvalue weighted by atomic mass is 32.1. The molecule has 6 nitrogen and oxygen atoms in total. The molecule has 0 saturated carbocycles. The van der Waals surface area contributed by atoms with E-state index in [9.17, 15) is 13.2 Å². The first kappa shape index (κ1) is 21.4. The summed E-state index contributed by atoms with van der Waals surface area (Å²) in [6, 6.07) is 5.97. The van der Waals surface area contributed by atoms with Crippen LogP contribution in [0.15, 0.2) is 28.6 Å². The van der Waals surface area contributed by atoms with Gasteiger partial charge >= 0.3 is 6.18 Å². The molecule has 0 radical (unpaired) electrons. The number of ether oxygens (including phenoxy) is 2. The molecule has 2 aromatic rings. The third-order valence-corrected chi connectivity index (χ3v) is 5.17. The summed E-state index contributed by atoms with van der Waals surface area (Å²) in [5.41, 5.74) is 1.17. The summed E-state index contributed by atoms with van der Waals surface area (Å²) in [7, 11) is 1.60. The highest BCUT2D eigenvalue weighted by Gasteiger charge is 2.33. The van der Waals surface area contributed by atoms with E-state index in [2.05, 4.69) is 20.6 Å². The first-order valence-corrected chi connectivity index (χ1v) is 10.0. The van der Waals surface area contributed by atoms with Crippen molar-refractivity contribution in [2.24, 2.45) is 4.99 Å². The second-order valence-corrected chi connectivity index (χ2v) is 7.56. The van der Waals surface area contributed by atoms with Crippen LogP contribution in [0.5, 0.6) is 5.75 Å². The summed E-state index contributed by atoms with van der Waals surface area (Å²) in [6.07, 6.45) is -3.53. The molecule has 0 bridgehead atoms. The number of nitrogens with zero attached hydrogens (tertiary/aromatic N) is 2. The summed E-state index contributed by atoms with van der Waals surface area (Å²) < 4.78 is 49.4. The lowest BCUT2D eigenvalue weighted by Crippen LogP contribution is -2.36. The first-order valence-electron chi connectivity index (χ1n) is 9.15. The van der Waals surface area contributed by atoms with Crippen LogP contribution >= 0.6 is 11.3 Å². The van der Waals surface area contributed by atoms with Crippen LogP contribution in [-0.4, -0.2) is 37.3 Å². The van der Waals surface area contributed by atoms with Crippen LogP contribution in [0.2, 0.25) is 0 Å². The van der Waals surface area contributed by atoms with Crippen molar-refractivity contribution in [3.05, 3.63) is 45.4 Å². The summed E-state index contributed by atoms with van der Waals surface area (Å²) in [5.74, 6) is 1.25. The van der Waals surface area contributed by atoms with Crippen molar-refractivity contribution in [1.29, 1.82) is 0 Å². The van der Waals surface area contributed by atoms with Gasteiger partial charge in [0.05, 0.1) is 19.8 Å². The lowest BCUT2D eigenvalue weighted by molar-refractivity contribution is -0.140. The standard InChI is InChI=1S/C19H23F3N4O2S/c1-12-3-4-13(15(7-12)28-14-5-6-27-10-14)8-24-18(23-2)25-9-17-26-16(11-29-17)19(20,21)22/h3-4,7,11,14H,5-6,8-10H2,1-2H3,(H2,23,24,25). The Labute approximate surface area is 171 Å². The Hall–Kier alpha value is -2.33. The van der Waals surface area contributed by atoms with Gasteiger partial charge in [0.2, 0.25) is 0 Å². The zero-order chi connectivity index (χ0) is 20.9. The summed E-state index contributed by atoms with van der Waals surface area (Å²) in [4.78, 5) is 7.72. The van der Waals surface area contributed by atoms with Crippen LogP contribution in [0, 0.1) is 6.92 Å². The van der Waals surface area contributed by atoms with Gasteiger partial charge < -0.3 is 20.1 Å². The fourth-order valence-corrected chi connectivity index (χ4v) is 3.52. The predicted molar refractivity (Wildman–Crippen MR) is 105 cm³/mol. The molecule has 1 fully saturated rings. The first-order chi connectivity index (χ1) is 13.8. The van der Waals surface area contributed by atoms with E-state index in [0.29, 0.717) is 30.7 Å². The molecule has 0 amide bonds. The highest BCUT2D eigenvalue weighted by Crippen LogP contribution is 2.30. The molecule has 2 N–H and O–H groups in total. The average molecular weight is 428 g/mol. The molecule has 1 aromatic carbocycles. The Morgan fingerprint density at radius 3 is 2.79 bits per heavy atom. The third-order valence-electron chi connectivity index (χ3n) is 4.32. The molecule has 29 heavy (non-hydrogen) atoms. The molecule has 158 valence electrons. The monoisotopic (exact) mass is 428 g/mol. The Morgan fingerprint density at radius 1 is 1.34 bits per heavy atom. The van der Waals surface area contributed by atoms with Gasteiger partial charge in [0.1, 0.15) is 16.9 Å². The summed E-state index contributed by atoms with van der Waals surface area (Å²) in [5, 5.41) is 7.49. The van der Waals surface area contributed by atoms with Crippen LogP contribution in [0.3, 0.4) is 0 Å². The molecule has 10 heteroatoms. The maximum Gasteiger partial charge on any atom is 0.434 e. The van der Waals surface area contributed by atoms with E-state index in [1.54, 1.807) is 7.05 Å². The minimum Gasteiger partial charge on any atom is -0.488 e. The number of halogens is 3. The largest absolute Gasteiger partial charge is 0.488 e. The number of aromatic nitrogens is 1. The van der Waals surface area contributed by atoms with E-state index in [4.69, 9.17) is 9.47 Å². The number of hydrogen-bond donors (Lipinski definition) is 2. The summed E-state index contributed by atoms with van der Waals surface area (Å²) >= 11 is 0.957. The van der Waals surface area contributed by atoms with Crippen molar-refractivity contribution in [2.45, 2.75) is 38.7 Å². The fraction of sp³-hybridized carbons (Fsp3) is 0.474. The van der Waals surface area contributed by atoms with Crippen molar-refractivity contribution < 1.29 is 22.6 Å². The molecular formula is C19H23F3N4O2S. The van der Waals surface area contributed by atoms with Crippen molar-refractivity contribution in [1.82, 2.24) is 15.6 Å². The van der Waals surface area contributed by atoms with E-state index in [-0.39, 0.29) is 12.6 Å². The van der Waals surface area contributed by atoms with E-state index >= 15 is 0 Å². The van der Waals surface area contributed by atoms with Gasteiger partial charge in [0, 0.05) is 31.0 Å². The third kappa shape index (κ3) is 6.07. The average Bonchev–Trinajstić information content (AvgIpc) is 3.35. The number of nitrogens with one attached hydrogen (secondary N) is 2. The number of alkyl halides is 3. The van der Waals surface area contributed by atoms with Gasteiger partial charge in [-0.3, -0.25) is 4.99 Å². The highest BCUT2D eigenvalue weighted by molar-refractivity contribution is 7.09. The molecule has 1 saturated heterocycles. The van der Waals surface area contributed by atoms with Crippen molar-refractivity contribution in [3.63, 3.8) is 0 Å². The quantitative estimate of drug-likeness (QED) is 0.545. The molecule has 1 unspecified atom stereocenters. The van der Waals surface area contributed by atoms with Gasteiger partial charge in [-0.1, -0.05) is 12.1 Å². The molecule has 1 aliphatic rings. The lowest BCUT2D eigenvalue weighted by atomic mass is 10.1. The topological polar surface area (TPSA) is 67.8 Å². The van der Waals surface area contributed by atoms with Gasteiger partial charge in [0.25, 0.3) is 0 Å². The zero-order valence-electron chi connectivity index (χ0n) is 16.2. The van der Waals surface area contributed by atoms with Crippen molar-refractivity contribution >= 4 is 17.3 Å². The smallest absolute Gasteiger partial charge is 0.434 e. The number of aryl methyl sites for hydroxylation is 1. The zero-order valence-corrected chi connectivity index (χ0v) is 17.0. The minimum absolute atomic E-state index is 0.0423. The van der Waals surface area contributed by atoms with Crippen LogP contribution in [0.1, 0.15) is 28.2 Å². The summed E-state index contributed by atoms with van der Waals surface area (Å²) in [6.45, 7) is 3.88. The lowest BCUT2D eigenvalue weighted by Gasteiger charge is -2.18. The predicted octanol–water partition coefficient (Wildman–Crippen LogP) is 3.50. The maximum atomic E-state index is 12.7. The molecule has 3 rings (SSSR count). The number of thiazole rings is 1. The fourth-order valence-electron chi connectivity index (χ4n) is 2.78. The van der Waals surface area contributed by atoms with Gasteiger partial charge in [-0.15, -0.1) is 11.3 Å². The number of rotatable bonds is 6. The number of guanidine groups is 1. The number of benzene rings is 1. The molecule has 1 aliphatic heterocycles.